The number of fused-ring (bicyclic) bond motifs is 1. The van der Waals surface area contributed by atoms with E-state index >= 15 is 0 Å². The Balaban J connectivity index is 1.47. The van der Waals surface area contributed by atoms with Crippen LogP contribution in [0.15, 0.2) is 60.7 Å². The highest BCUT2D eigenvalue weighted by atomic mass is 32.1. The smallest absolute Gasteiger partial charge is 0.261 e. The summed E-state index contributed by atoms with van der Waals surface area (Å²) < 4.78 is 15.6. The molecule has 0 aliphatic heterocycles. The topological polar surface area (TPSA) is 46.9 Å². The van der Waals surface area contributed by atoms with Gasteiger partial charge in [0, 0.05) is 11.9 Å². The van der Waals surface area contributed by atoms with Crippen molar-refractivity contribution in [1.29, 1.82) is 0 Å². The maximum atomic E-state index is 13.7. The number of hydrogen-bond acceptors (Lipinski definition) is 3. The van der Waals surface area contributed by atoms with E-state index in [1.807, 2.05) is 35.9 Å². The SMILES string of the molecule is Cc1nn(Cc2ccccc2)c2sc(C(=O)NCCc3ccccc3F)cc12. The van der Waals surface area contributed by atoms with Gasteiger partial charge < -0.3 is 5.32 Å². The Bertz CT molecular complexity index is 1120. The van der Waals surface area contributed by atoms with Gasteiger partial charge in [0.25, 0.3) is 5.91 Å². The fraction of sp³-hybridized carbons (Fsp3) is 0.182. The number of halogens is 1. The molecule has 4 aromatic rings. The fourth-order valence-corrected chi connectivity index (χ4v) is 4.26. The van der Waals surface area contributed by atoms with Crippen molar-refractivity contribution in [1.82, 2.24) is 15.1 Å². The third-order valence-electron chi connectivity index (χ3n) is 4.64. The minimum absolute atomic E-state index is 0.136. The van der Waals surface area contributed by atoms with Crippen LogP contribution >= 0.6 is 11.3 Å². The molecule has 0 bridgehead atoms. The largest absolute Gasteiger partial charge is 0.351 e. The summed E-state index contributed by atoms with van der Waals surface area (Å²) in [6.45, 7) is 3.01. The van der Waals surface area contributed by atoms with Crippen molar-refractivity contribution >= 4 is 27.5 Å². The molecule has 1 amide bonds. The van der Waals surface area contributed by atoms with E-state index in [1.54, 1.807) is 18.2 Å². The van der Waals surface area contributed by atoms with E-state index in [1.165, 1.54) is 17.4 Å². The number of carbonyl (C=O) groups is 1. The van der Waals surface area contributed by atoms with Crippen molar-refractivity contribution in [2.45, 2.75) is 19.9 Å². The minimum Gasteiger partial charge on any atom is -0.351 e. The third kappa shape index (κ3) is 3.82. The molecule has 0 saturated carbocycles. The molecule has 6 heteroatoms. The van der Waals surface area contributed by atoms with Crippen LogP contribution in [-0.4, -0.2) is 22.2 Å². The van der Waals surface area contributed by atoms with Gasteiger partial charge in [0.2, 0.25) is 0 Å². The Morgan fingerprint density at radius 2 is 1.89 bits per heavy atom. The molecule has 0 unspecified atom stereocenters. The lowest BCUT2D eigenvalue weighted by atomic mass is 10.1. The molecule has 0 saturated heterocycles. The second-order valence-corrected chi connectivity index (χ2v) is 7.69. The zero-order chi connectivity index (χ0) is 19.5. The van der Waals surface area contributed by atoms with Gasteiger partial charge >= 0.3 is 0 Å². The van der Waals surface area contributed by atoms with Gasteiger partial charge in [-0.25, -0.2) is 4.39 Å². The lowest BCUT2D eigenvalue weighted by Crippen LogP contribution is -2.25. The van der Waals surface area contributed by atoms with E-state index in [-0.39, 0.29) is 11.7 Å². The van der Waals surface area contributed by atoms with Crippen LogP contribution in [0.2, 0.25) is 0 Å². The molecule has 0 aliphatic carbocycles. The van der Waals surface area contributed by atoms with Crippen LogP contribution in [0.3, 0.4) is 0 Å². The monoisotopic (exact) mass is 393 g/mol. The van der Waals surface area contributed by atoms with Crippen molar-refractivity contribution in [3.05, 3.63) is 88.2 Å². The van der Waals surface area contributed by atoms with E-state index in [2.05, 4.69) is 22.5 Å². The molecule has 0 aliphatic rings. The van der Waals surface area contributed by atoms with Gasteiger partial charge in [-0.3, -0.25) is 9.48 Å². The van der Waals surface area contributed by atoms with Gasteiger partial charge in [-0.2, -0.15) is 5.10 Å². The first kappa shape index (κ1) is 18.4. The summed E-state index contributed by atoms with van der Waals surface area (Å²) >= 11 is 1.44. The highest BCUT2D eigenvalue weighted by Crippen LogP contribution is 2.28. The number of hydrogen-bond donors (Lipinski definition) is 1. The van der Waals surface area contributed by atoms with Crippen molar-refractivity contribution in [2.24, 2.45) is 0 Å². The highest BCUT2D eigenvalue weighted by Gasteiger charge is 2.16. The van der Waals surface area contributed by atoms with Crippen LogP contribution in [0.1, 0.15) is 26.5 Å². The summed E-state index contributed by atoms with van der Waals surface area (Å²) in [5.74, 6) is -0.376. The Hall–Kier alpha value is -2.99. The summed E-state index contributed by atoms with van der Waals surface area (Å²) in [5, 5.41) is 8.50. The van der Waals surface area contributed by atoms with E-state index in [4.69, 9.17) is 0 Å². The molecular weight excluding hydrogens is 373 g/mol. The molecule has 2 aromatic carbocycles. The lowest BCUT2D eigenvalue weighted by molar-refractivity contribution is 0.0958. The average Bonchev–Trinajstić information content (AvgIpc) is 3.26. The summed E-state index contributed by atoms with van der Waals surface area (Å²) in [6.07, 6.45) is 0.462. The molecule has 1 N–H and O–H groups in total. The molecule has 0 radical (unpaired) electrons. The second kappa shape index (κ2) is 7.94. The Morgan fingerprint density at radius 3 is 2.68 bits per heavy atom. The Morgan fingerprint density at radius 1 is 1.14 bits per heavy atom. The highest BCUT2D eigenvalue weighted by molar-refractivity contribution is 7.20. The molecule has 2 heterocycles. The number of thiophene rings is 1. The standard InChI is InChI=1S/C22H20FN3OS/c1-15-18-13-20(21(27)24-12-11-17-9-5-6-10-19(17)23)28-22(18)26(25-15)14-16-7-3-2-4-8-16/h2-10,13H,11-12,14H2,1H3,(H,24,27). The Labute approximate surface area is 166 Å². The first-order valence-electron chi connectivity index (χ1n) is 9.14. The van der Waals surface area contributed by atoms with Crippen molar-refractivity contribution in [3.8, 4) is 0 Å². The van der Waals surface area contributed by atoms with Crippen molar-refractivity contribution in [3.63, 3.8) is 0 Å². The third-order valence-corrected chi connectivity index (χ3v) is 5.79. The number of nitrogens with zero attached hydrogens (tertiary/aromatic N) is 2. The summed E-state index contributed by atoms with van der Waals surface area (Å²) in [6, 6.07) is 18.7. The summed E-state index contributed by atoms with van der Waals surface area (Å²) in [5.41, 5.74) is 2.68. The quantitative estimate of drug-likeness (QED) is 0.522. The molecule has 0 spiro atoms. The van der Waals surface area contributed by atoms with Crippen LogP contribution in [0.5, 0.6) is 0 Å². The molecule has 142 valence electrons. The summed E-state index contributed by atoms with van der Waals surface area (Å²) in [4.78, 5) is 14.2. The minimum atomic E-state index is -0.241. The van der Waals surface area contributed by atoms with Crippen LogP contribution in [0.25, 0.3) is 10.2 Å². The molecule has 4 rings (SSSR count). The van der Waals surface area contributed by atoms with Crippen LogP contribution in [0, 0.1) is 12.7 Å². The number of carbonyl (C=O) groups excluding carboxylic acids is 1. The molecule has 2 aromatic heterocycles. The van der Waals surface area contributed by atoms with Gasteiger partial charge in [-0.05, 0) is 36.6 Å². The Kier molecular flexibility index (Phi) is 5.21. The number of nitrogens with one attached hydrogen (secondary N) is 1. The first-order valence-corrected chi connectivity index (χ1v) is 9.96. The number of amides is 1. The van der Waals surface area contributed by atoms with Gasteiger partial charge in [-0.15, -0.1) is 11.3 Å². The van der Waals surface area contributed by atoms with Gasteiger partial charge in [-0.1, -0.05) is 48.5 Å². The van der Waals surface area contributed by atoms with E-state index < -0.39 is 0 Å². The van der Waals surface area contributed by atoms with Crippen LogP contribution < -0.4 is 5.32 Å². The lowest BCUT2D eigenvalue weighted by Gasteiger charge is -2.05. The van der Waals surface area contributed by atoms with E-state index in [0.717, 1.165) is 21.5 Å². The molecule has 28 heavy (non-hydrogen) atoms. The summed E-state index contributed by atoms with van der Waals surface area (Å²) in [7, 11) is 0. The van der Waals surface area contributed by atoms with Crippen LogP contribution in [-0.2, 0) is 13.0 Å². The number of benzene rings is 2. The maximum absolute atomic E-state index is 13.7. The van der Waals surface area contributed by atoms with Crippen LogP contribution in [0.4, 0.5) is 4.39 Å². The van der Waals surface area contributed by atoms with Gasteiger partial charge in [0.15, 0.2) is 0 Å². The second-order valence-electron chi connectivity index (χ2n) is 6.66. The average molecular weight is 393 g/mol. The molecule has 0 fully saturated rings. The zero-order valence-corrected chi connectivity index (χ0v) is 16.3. The predicted molar refractivity (Wildman–Crippen MR) is 110 cm³/mol. The number of rotatable bonds is 6. The van der Waals surface area contributed by atoms with Crippen molar-refractivity contribution < 1.29 is 9.18 Å². The van der Waals surface area contributed by atoms with Crippen molar-refractivity contribution in [2.75, 3.05) is 6.54 Å². The van der Waals surface area contributed by atoms with Gasteiger partial charge in [0.1, 0.15) is 10.6 Å². The van der Waals surface area contributed by atoms with E-state index in [0.29, 0.717) is 30.0 Å². The number of aromatic nitrogens is 2. The predicted octanol–water partition coefficient (Wildman–Crippen LogP) is 4.57. The first-order chi connectivity index (χ1) is 13.6. The maximum Gasteiger partial charge on any atom is 0.261 e. The molecule has 0 atom stereocenters. The van der Waals surface area contributed by atoms with E-state index in [9.17, 15) is 9.18 Å². The molecule has 4 nitrogen and oxygen atoms in total. The zero-order valence-electron chi connectivity index (χ0n) is 15.5. The fourth-order valence-electron chi connectivity index (χ4n) is 3.19. The number of aryl methyl sites for hydroxylation is 1. The molecular formula is C22H20FN3OS. The normalized spacial score (nSPS) is 11.1. The van der Waals surface area contributed by atoms with Gasteiger partial charge in [0.05, 0.1) is 17.1 Å².